The lowest BCUT2D eigenvalue weighted by Gasteiger charge is -2.09. The van der Waals surface area contributed by atoms with Crippen molar-refractivity contribution in [3.63, 3.8) is 0 Å². The maximum atomic E-state index is 11.5. The van der Waals surface area contributed by atoms with Gasteiger partial charge in [-0.15, -0.1) is 0 Å². The van der Waals surface area contributed by atoms with E-state index in [1.807, 2.05) is 0 Å². The van der Waals surface area contributed by atoms with Crippen LogP contribution in [-0.2, 0) is 17.8 Å². The summed E-state index contributed by atoms with van der Waals surface area (Å²) in [5.74, 6) is -1.97. The second-order valence-corrected chi connectivity index (χ2v) is 5.49. The fraction of sp³-hybridized carbons (Fsp3) is 0.111. The Morgan fingerprint density at radius 2 is 1.71 bits per heavy atom. The Hall–Kier alpha value is -3.28. The predicted molar refractivity (Wildman–Crippen MR) is 87.4 cm³/mol. The first-order valence-electron chi connectivity index (χ1n) is 7.30. The number of nitrogens with zero attached hydrogens (tertiary/aromatic N) is 1. The first kappa shape index (κ1) is 15.6. The summed E-state index contributed by atoms with van der Waals surface area (Å²) >= 11 is 0. The van der Waals surface area contributed by atoms with Gasteiger partial charge in [0.25, 0.3) is 0 Å². The molecule has 3 N–H and O–H groups in total. The molecule has 0 aliphatic rings. The van der Waals surface area contributed by atoms with Crippen LogP contribution in [0.25, 0.3) is 10.9 Å². The molecular formula is C18H15NO5. The zero-order chi connectivity index (χ0) is 17.3. The number of aromatic nitrogens is 1. The van der Waals surface area contributed by atoms with Crippen LogP contribution in [0.2, 0.25) is 0 Å². The van der Waals surface area contributed by atoms with Gasteiger partial charge in [0.1, 0.15) is 5.75 Å². The number of rotatable bonds is 5. The van der Waals surface area contributed by atoms with Crippen molar-refractivity contribution in [2.45, 2.75) is 13.0 Å². The number of carboxylic acid groups (broad SMARTS) is 2. The van der Waals surface area contributed by atoms with Crippen LogP contribution in [0.15, 0.2) is 48.7 Å². The van der Waals surface area contributed by atoms with Gasteiger partial charge in [-0.1, -0.05) is 30.3 Å². The number of hydrogen-bond acceptors (Lipinski definition) is 3. The number of aromatic hydroxyl groups is 1. The Labute approximate surface area is 137 Å². The topological polar surface area (TPSA) is 99.8 Å². The van der Waals surface area contributed by atoms with Gasteiger partial charge in [-0.25, -0.2) is 4.79 Å². The molecule has 24 heavy (non-hydrogen) atoms. The van der Waals surface area contributed by atoms with Crippen molar-refractivity contribution in [3.8, 4) is 5.75 Å². The van der Waals surface area contributed by atoms with E-state index in [4.69, 9.17) is 5.11 Å². The Morgan fingerprint density at radius 3 is 2.38 bits per heavy atom. The third-order valence-corrected chi connectivity index (χ3v) is 3.89. The smallest absolute Gasteiger partial charge is 0.337 e. The van der Waals surface area contributed by atoms with Crippen molar-refractivity contribution in [3.05, 3.63) is 65.4 Å². The van der Waals surface area contributed by atoms with Gasteiger partial charge in [-0.3, -0.25) is 4.79 Å². The van der Waals surface area contributed by atoms with Crippen LogP contribution in [0, 0.1) is 0 Å². The van der Waals surface area contributed by atoms with Crippen molar-refractivity contribution >= 4 is 22.8 Å². The molecule has 0 atom stereocenters. The molecule has 2 aromatic carbocycles. The number of aromatic carboxylic acids is 1. The largest absolute Gasteiger partial charge is 0.508 e. The zero-order valence-corrected chi connectivity index (χ0v) is 12.6. The SMILES string of the molecule is O=C(O)Cc1cn(Cc2ccccc2O)c2c(C(=O)O)cccc12. The maximum absolute atomic E-state index is 11.5. The number of phenolic OH excluding ortho intramolecular Hbond substituents is 1. The molecule has 0 unspecified atom stereocenters. The Bertz CT molecular complexity index is 942. The van der Waals surface area contributed by atoms with Crippen LogP contribution in [0.3, 0.4) is 0 Å². The molecule has 3 aromatic rings. The van der Waals surface area contributed by atoms with E-state index in [1.54, 1.807) is 47.2 Å². The van der Waals surface area contributed by atoms with Crippen LogP contribution >= 0.6 is 0 Å². The Morgan fingerprint density at radius 1 is 0.958 bits per heavy atom. The quantitative estimate of drug-likeness (QED) is 0.670. The second-order valence-electron chi connectivity index (χ2n) is 5.49. The summed E-state index contributed by atoms with van der Waals surface area (Å²) in [5.41, 5.74) is 1.71. The number of benzene rings is 2. The van der Waals surface area contributed by atoms with E-state index in [9.17, 15) is 19.8 Å². The highest BCUT2D eigenvalue weighted by Crippen LogP contribution is 2.28. The maximum Gasteiger partial charge on any atom is 0.337 e. The van der Waals surface area contributed by atoms with Crippen LogP contribution in [-0.4, -0.2) is 31.8 Å². The lowest BCUT2D eigenvalue weighted by molar-refractivity contribution is -0.136. The van der Waals surface area contributed by atoms with Crippen LogP contribution in [0.1, 0.15) is 21.5 Å². The second kappa shape index (κ2) is 6.08. The number of aliphatic carboxylic acids is 1. The summed E-state index contributed by atoms with van der Waals surface area (Å²) < 4.78 is 1.67. The number of carboxylic acids is 2. The molecule has 1 aromatic heterocycles. The first-order chi connectivity index (χ1) is 11.5. The number of carbonyl (C=O) groups is 2. The van der Waals surface area contributed by atoms with Gasteiger partial charge in [0.05, 0.1) is 24.0 Å². The van der Waals surface area contributed by atoms with Crippen molar-refractivity contribution in [1.29, 1.82) is 0 Å². The number of phenols is 1. The van der Waals surface area contributed by atoms with E-state index in [0.29, 0.717) is 22.0 Å². The summed E-state index contributed by atoms with van der Waals surface area (Å²) in [4.78, 5) is 22.6. The van der Waals surface area contributed by atoms with Gasteiger partial charge in [0.15, 0.2) is 0 Å². The molecule has 0 bridgehead atoms. The summed E-state index contributed by atoms with van der Waals surface area (Å²) in [6.45, 7) is 0.243. The number of fused-ring (bicyclic) bond motifs is 1. The molecule has 6 nitrogen and oxygen atoms in total. The first-order valence-corrected chi connectivity index (χ1v) is 7.30. The third kappa shape index (κ3) is 2.81. The minimum atomic E-state index is -1.08. The van der Waals surface area contributed by atoms with Gasteiger partial charge in [0.2, 0.25) is 0 Å². The minimum absolute atomic E-state index is 0.0968. The van der Waals surface area contributed by atoms with Gasteiger partial charge in [-0.2, -0.15) is 0 Å². The minimum Gasteiger partial charge on any atom is -0.508 e. The lowest BCUT2D eigenvalue weighted by Crippen LogP contribution is -2.04. The normalized spacial score (nSPS) is 10.8. The molecule has 0 saturated heterocycles. The molecule has 6 heteroatoms. The Kier molecular flexibility index (Phi) is 3.95. The van der Waals surface area contributed by atoms with Crippen molar-refractivity contribution in [2.24, 2.45) is 0 Å². The molecule has 0 spiro atoms. The van der Waals surface area contributed by atoms with E-state index in [0.717, 1.165) is 0 Å². The molecular weight excluding hydrogens is 310 g/mol. The molecule has 0 saturated carbocycles. The average Bonchev–Trinajstić information content (AvgIpc) is 2.87. The van der Waals surface area contributed by atoms with Gasteiger partial charge < -0.3 is 19.9 Å². The summed E-state index contributed by atoms with van der Waals surface area (Å²) in [5, 5.41) is 29.1. The van der Waals surface area contributed by atoms with Gasteiger partial charge in [-0.05, 0) is 17.7 Å². The van der Waals surface area contributed by atoms with Crippen molar-refractivity contribution < 1.29 is 24.9 Å². The molecule has 122 valence electrons. The molecule has 3 rings (SSSR count). The monoisotopic (exact) mass is 325 g/mol. The van der Waals surface area contributed by atoms with Crippen molar-refractivity contribution in [2.75, 3.05) is 0 Å². The van der Waals surface area contributed by atoms with Crippen LogP contribution < -0.4 is 0 Å². The standard InChI is InChI=1S/C18H15NO5/c20-15-7-2-1-4-11(15)9-19-10-12(8-16(21)22)13-5-3-6-14(17(13)19)18(23)24/h1-7,10,20H,8-9H2,(H,21,22)(H,23,24). The predicted octanol–water partition coefficient (Wildman–Crippen LogP) is 2.72. The highest BCUT2D eigenvalue weighted by Gasteiger charge is 2.18. The van der Waals surface area contributed by atoms with Crippen LogP contribution in [0.5, 0.6) is 5.75 Å². The number of hydrogen-bond donors (Lipinski definition) is 3. The molecule has 0 aliphatic carbocycles. The van der Waals surface area contributed by atoms with Gasteiger partial charge >= 0.3 is 11.9 Å². The highest BCUT2D eigenvalue weighted by molar-refractivity contribution is 6.04. The molecule has 0 amide bonds. The number of para-hydroxylation sites is 2. The van der Waals surface area contributed by atoms with E-state index < -0.39 is 11.9 Å². The van der Waals surface area contributed by atoms with Crippen molar-refractivity contribution in [1.82, 2.24) is 4.57 Å². The van der Waals surface area contributed by atoms with E-state index >= 15 is 0 Å². The summed E-state index contributed by atoms with van der Waals surface area (Å²) in [6.07, 6.45) is 1.44. The molecule has 0 radical (unpaired) electrons. The Balaban J connectivity index is 2.20. The van der Waals surface area contributed by atoms with Gasteiger partial charge in [0, 0.05) is 17.1 Å². The lowest BCUT2D eigenvalue weighted by atomic mass is 10.1. The average molecular weight is 325 g/mol. The fourth-order valence-corrected chi connectivity index (χ4v) is 2.86. The summed E-state index contributed by atoms with van der Waals surface area (Å²) in [7, 11) is 0. The zero-order valence-electron chi connectivity index (χ0n) is 12.6. The highest BCUT2D eigenvalue weighted by atomic mass is 16.4. The molecule has 0 aliphatic heterocycles. The molecule has 0 fully saturated rings. The van der Waals surface area contributed by atoms with E-state index in [2.05, 4.69) is 0 Å². The van der Waals surface area contributed by atoms with E-state index in [-0.39, 0.29) is 24.3 Å². The van der Waals surface area contributed by atoms with Crippen LogP contribution in [0.4, 0.5) is 0 Å². The third-order valence-electron chi connectivity index (χ3n) is 3.89. The summed E-state index contributed by atoms with van der Waals surface area (Å²) in [6, 6.07) is 11.6. The van der Waals surface area contributed by atoms with E-state index in [1.165, 1.54) is 6.07 Å². The molecule has 1 heterocycles. The fourth-order valence-electron chi connectivity index (χ4n) is 2.86.